The zero-order valence-corrected chi connectivity index (χ0v) is 11.4. The highest BCUT2D eigenvalue weighted by Crippen LogP contribution is 2.30. The first kappa shape index (κ1) is 13.9. The van der Waals surface area contributed by atoms with Gasteiger partial charge in [0.05, 0.1) is 14.2 Å². The van der Waals surface area contributed by atoms with Gasteiger partial charge in [-0.3, -0.25) is 4.79 Å². The summed E-state index contributed by atoms with van der Waals surface area (Å²) in [7, 11) is 2.76. The fraction of sp³-hybridized carbons (Fsp3) is 0.333. The topological polar surface area (TPSA) is 55.8 Å². The van der Waals surface area contributed by atoms with E-state index >= 15 is 0 Å². The normalized spacial score (nSPS) is 17.8. The number of ether oxygens (including phenoxy) is 2. The maximum absolute atomic E-state index is 11.9. The molecule has 0 radical (unpaired) electrons. The largest absolute Gasteiger partial charge is 0.496 e. The van der Waals surface area contributed by atoms with E-state index in [4.69, 9.17) is 11.2 Å². The smallest absolute Gasteiger partial charge is 0.341 e. The second-order valence-electron chi connectivity index (χ2n) is 4.45. The molecule has 0 bridgehead atoms. The van der Waals surface area contributed by atoms with E-state index in [1.54, 1.807) is 23.1 Å². The number of carbonyl (C=O) groups is 2. The molecule has 1 heterocycles. The standard InChI is InChI=1S/C15H15NO4/c1-4-10-7-14(17)16(9-10)11-5-6-12(15(18)20-3)13(8-11)19-2/h1,5-6,8,10H,7,9H2,2-3H3. The number of anilines is 1. The number of esters is 1. The van der Waals surface area contributed by atoms with Crippen LogP contribution in [0.5, 0.6) is 5.75 Å². The Kier molecular flexibility index (Phi) is 3.94. The summed E-state index contributed by atoms with van der Waals surface area (Å²) in [4.78, 5) is 25.1. The molecule has 0 N–H and O–H groups in total. The first-order valence-corrected chi connectivity index (χ1v) is 6.13. The molecule has 0 aromatic heterocycles. The lowest BCUT2D eigenvalue weighted by Crippen LogP contribution is -2.24. The van der Waals surface area contributed by atoms with Gasteiger partial charge in [-0.2, -0.15) is 0 Å². The van der Waals surface area contributed by atoms with E-state index in [0.717, 1.165) is 0 Å². The maximum atomic E-state index is 11.9. The Labute approximate surface area is 117 Å². The van der Waals surface area contributed by atoms with Crippen LogP contribution in [0.1, 0.15) is 16.8 Å². The monoisotopic (exact) mass is 273 g/mol. The SMILES string of the molecule is C#CC1CC(=O)N(c2ccc(C(=O)OC)c(OC)c2)C1. The van der Waals surface area contributed by atoms with Crippen molar-refractivity contribution in [2.24, 2.45) is 5.92 Å². The summed E-state index contributed by atoms with van der Waals surface area (Å²) in [6, 6.07) is 4.91. The lowest BCUT2D eigenvalue weighted by Gasteiger charge is -2.17. The number of amides is 1. The molecule has 20 heavy (non-hydrogen) atoms. The van der Waals surface area contributed by atoms with Gasteiger partial charge in [0.15, 0.2) is 0 Å². The van der Waals surface area contributed by atoms with Crippen LogP contribution in [0.4, 0.5) is 5.69 Å². The Bertz CT molecular complexity index is 588. The van der Waals surface area contributed by atoms with Crippen LogP contribution in [0.25, 0.3) is 0 Å². The van der Waals surface area contributed by atoms with Crippen molar-refractivity contribution >= 4 is 17.6 Å². The molecule has 1 aliphatic heterocycles. The van der Waals surface area contributed by atoms with Crippen molar-refractivity contribution in [2.75, 3.05) is 25.7 Å². The number of benzene rings is 1. The van der Waals surface area contributed by atoms with Crippen LogP contribution in [0.2, 0.25) is 0 Å². The van der Waals surface area contributed by atoms with E-state index in [0.29, 0.717) is 30.0 Å². The van der Waals surface area contributed by atoms with Gasteiger partial charge in [-0.15, -0.1) is 12.3 Å². The van der Waals surface area contributed by atoms with Crippen LogP contribution in [0, 0.1) is 18.3 Å². The first-order valence-electron chi connectivity index (χ1n) is 6.13. The van der Waals surface area contributed by atoms with Crippen LogP contribution in [-0.4, -0.2) is 32.6 Å². The number of hydrogen-bond donors (Lipinski definition) is 0. The quantitative estimate of drug-likeness (QED) is 0.618. The molecule has 5 heteroatoms. The van der Waals surface area contributed by atoms with Crippen LogP contribution >= 0.6 is 0 Å². The molecule has 1 atom stereocenters. The highest BCUT2D eigenvalue weighted by atomic mass is 16.5. The first-order chi connectivity index (χ1) is 9.60. The molecule has 1 aromatic carbocycles. The third kappa shape index (κ3) is 2.45. The van der Waals surface area contributed by atoms with Gasteiger partial charge >= 0.3 is 5.97 Å². The van der Waals surface area contributed by atoms with Crippen molar-refractivity contribution in [2.45, 2.75) is 6.42 Å². The van der Waals surface area contributed by atoms with Crippen molar-refractivity contribution in [3.63, 3.8) is 0 Å². The lowest BCUT2D eigenvalue weighted by molar-refractivity contribution is -0.117. The zero-order chi connectivity index (χ0) is 14.7. The molecule has 1 fully saturated rings. The molecule has 0 aliphatic carbocycles. The molecule has 104 valence electrons. The van der Waals surface area contributed by atoms with Crippen molar-refractivity contribution in [1.29, 1.82) is 0 Å². The summed E-state index contributed by atoms with van der Waals surface area (Å²) in [5, 5.41) is 0. The van der Waals surface area contributed by atoms with E-state index in [2.05, 4.69) is 10.7 Å². The summed E-state index contributed by atoms with van der Waals surface area (Å²) in [5.41, 5.74) is 0.983. The predicted molar refractivity (Wildman–Crippen MR) is 73.6 cm³/mol. The minimum atomic E-state index is -0.484. The Morgan fingerprint density at radius 1 is 1.45 bits per heavy atom. The van der Waals surface area contributed by atoms with Gasteiger partial charge in [-0.25, -0.2) is 4.79 Å². The van der Waals surface area contributed by atoms with E-state index in [-0.39, 0.29) is 11.8 Å². The van der Waals surface area contributed by atoms with Crippen LogP contribution < -0.4 is 9.64 Å². The summed E-state index contributed by atoms with van der Waals surface area (Å²) in [5.74, 6) is 2.37. The van der Waals surface area contributed by atoms with Gasteiger partial charge in [-0.1, -0.05) is 0 Å². The number of methoxy groups -OCH3 is 2. The molecule has 1 amide bonds. The average molecular weight is 273 g/mol. The van der Waals surface area contributed by atoms with Gasteiger partial charge < -0.3 is 14.4 Å². The highest BCUT2D eigenvalue weighted by Gasteiger charge is 2.30. The third-order valence-corrected chi connectivity index (χ3v) is 3.26. The van der Waals surface area contributed by atoms with Gasteiger partial charge in [0, 0.05) is 30.6 Å². The molecule has 0 spiro atoms. The lowest BCUT2D eigenvalue weighted by atomic mass is 10.1. The number of rotatable bonds is 3. The van der Waals surface area contributed by atoms with Crippen molar-refractivity contribution in [3.05, 3.63) is 23.8 Å². The van der Waals surface area contributed by atoms with Crippen molar-refractivity contribution < 1.29 is 19.1 Å². The molecule has 1 aromatic rings. The number of carbonyl (C=O) groups excluding carboxylic acids is 2. The summed E-state index contributed by atoms with van der Waals surface area (Å²) in [6.07, 6.45) is 5.70. The van der Waals surface area contributed by atoms with Crippen LogP contribution in [0.15, 0.2) is 18.2 Å². The molecule has 1 aliphatic rings. The van der Waals surface area contributed by atoms with Crippen LogP contribution in [-0.2, 0) is 9.53 Å². The number of nitrogens with zero attached hydrogens (tertiary/aromatic N) is 1. The average Bonchev–Trinajstić information content (AvgIpc) is 2.86. The second kappa shape index (κ2) is 5.66. The highest BCUT2D eigenvalue weighted by molar-refractivity contribution is 5.98. The van der Waals surface area contributed by atoms with Gasteiger partial charge in [0.1, 0.15) is 11.3 Å². The molecule has 0 saturated carbocycles. The Morgan fingerprint density at radius 3 is 2.75 bits per heavy atom. The molecule has 1 unspecified atom stereocenters. The van der Waals surface area contributed by atoms with E-state index < -0.39 is 5.97 Å². The molecule has 1 saturated heterocycles. The van der Waals surface area contributed by atoms with Crippen molar-refractivity contribution in [1.82, 2.24) is 0 Å². The van der Waals surface area contributed by atoms with Gasteiger partial charge in [-0.05, 0) is 12.1 Å². The molecular formula is C15H15NO4. The van der Waals surface area contributed by atoms with E-state index in [1.807, 2.05) is 0 Å². The zero-order valence-electron chi connectivity index (χ0n) is 11.4. The predicted octanol–water partition coefficient (Wildman–Crippen LogP) is 1.47. The van der Waals surface area contributed by atoms with Crippen molar-refractivity contribution in [3.8, 4) is 18.1 Å². The minimum Gasteiger partial charge on any atom is -0.496 e. The van der Waals surface area contributed by atoms with E-state index in [1.165, 1.54) is 14.2 Å². The number of hydrogen-bond acceptors (Lipinski definition) is 4. The van der Waals surface area contributed by atoms with Gasteiger partial charge in [0.2, 0.25) is 5.91 Å². The summed E-state index contributed by atoms with van der Waals surface area (Å²) < 4.78 is 9.85. The fourth-order valence-electron chi connectivity index (χ4n) is 2.20. The second-order valence-corrected chi connectivity index (χ2v) is 4.45. The maximum Gasteiger partial charge on any atom is 0.341 e. The molecule has 5 nitrogen and oxygen atoms in total. The van der Waals surface area contributed by atoms with E-state index in [9.17, 15) is 9.59 Å². The van der Waals surface area contributed by atoms with Crippen LogP contribution in [0.3, 0.4) is 0 Å². The molecule has 2 rings (SSSR count). The summed E-state index contributed by atoms with van der Waals surface area (Å²) >= 11 is 0. The Hall–Kier alpha value is -2.48. The molecular weight excluding hydrogens is 258 g/mol. The Balaban J connectivity index is 2.33. The number of terminal acetylenes is 1. The fourth-order valence-corrected chi connectivity index (χ4v) is 2.20. The minimum absolute atomic E-state index is 0.0270. The van der Waals surface area contributed by atoms with Gasteiger partial charge in [0.25, 0.3) is 0 Å². The summed E-state index contributed by atoms with van der Waals surface area (Å²) in [6.45, 7) is 0.482. The Morgan fingerprint density at radius 2 is 2.20 bits per heavy atom. The third-order valence-electron chi connectivity index (χ3n) is 3.26.